The fourth-order valence-electron chi connectivity index (χ4n) is 2.74. The Bertz CT molecular complexity index is 851. The van der Waals surface area contributed by atoms with Gasteiger partial charge in [-0.15, -0.1) is 0 Å². The van der Waals surface area contributed by atoms with Crippen LogP contribution in [0, 0.1) is 11.8 Å². The molecule has 0 aliphatic carbocycles. The maximum absolute atomic E-state index is 12.3. The van der Waals surface area contributed by atoms with Crippen molar-refractivity contribution in [3.05, 3.63) is 23.8 Å². The monoisotopic (exact) mass is 481 g/mol. The van der Waals surface area contributed by atoms with E-state index in [1.807, 2.05) is 27.7 Å². The zero-order valence-corrected chi connectivity index (χ0v) is 20.6. The summed E-state index contributed by atoms with van der Waals surface area (Å²) in [4.78, 5) is 47.7. The smallest absolute Gasteiger partial charge is 0.458 e. The molecule has 0 aromatic heterocycles. The highest BCUT2D eigenvalue weighted by molar-refractivity contribution is 5.77. The molecule has 0 amide bonds. The average molecular weight is 482 g/mol. The maximum Gasteiger partial charge on any atom is 0.508 e. The zero-order chi connectivity index (χ0) is 25.8. The predicted octanol–water partition coefficient (Wildman–Crippen LogP) is 3.17. The number of esters is 3. The highest BCUT2D eigenvalue weighted by Crippen LogP contribution is 2.30. The molecular formula is C24H35NO9. The van der Waals surface area contributed by atoms with E-state index in [9.17, 15) is 19.2 Å². The summed E-state index contributed by atoms with van der Waals surface area (Å²) >= 11 is 0. The standard InChI is InChI=1S/C24H35NO9/c1-14(2)9-21(26)33-19-8-7-17(12-20(19)34-22(27)10-15(3)4)11-18(25)23(28)32-16(5)13-31-24(29)30-6/h7-8,12,14-16,18H,9-11,13,25H2,1-6H3/t16-,18-/m0/s1. The molecule has 0 saturated carbocycles. The third kappa shape index (κ3) is 11.1. The van der Waals surface area contributed by atoms with Gasteiger partial charge in [0.2, 0.25) is 0 Å². The van der Waals surface area contributed by atoms with E-state index < -0.39 is 36.2 Å². The number of hydrogen-bond acceptors (Lipinski definition) is 10. The third-order valence-electron chi connectivity index (χ3n) is 4.28. The second-order valence-electron chi connectivity index (χ2n) is 8.75. The largest absolute Gasteiger partial charge is 0.508 e. The number of carbonyl (C=O) groups is 4. The predicted molar refractivity (Wildman–Crippen MR) is 122 cm³/mol. The Morgan fingerprint density at radius 2 is 1.44 bits per heavy atom. The number of rotatable bonds is 12. The molecule has 0 saturated heterocycles. The van der Waals surface area contributed by atoms with Crippen molar-refractivity contribution in [1.82, 2.24) is 0 Å². The summed E-state index contributed by atoms with van der Waals surface area (Å²) in [6, 6.07) is 3.59. The van der Waals surface area contributed by atoms with Crippen LogP contribution in [-0.4, -0.2) is 49.9 Å². The Morgan fingerprint density at radius 3 is 1.97 bits per heavy atom. The topological polar surface area (TPSA) is 140 Å². The molecule has 0 fully saturated rings. The highest BCUT2D eigenvalue weighted by atomic mass is 16.7. The second-order valence-corrected chi connectivity index (χ2v) is 8.75. The van der Waals surface area contributed by atoms with Crippen molar-refractivity contribution in [3.8, 4) is 11.5 Å². The van der Waals surface area contributed by atoms with E-state index in [4.69, 9.17) is 24.7 Å². The number of nitrogens with two attached hydrogens (primary N) is 1. The lowest BCUT2D eigenvalue weighted by molar-refractivity contribution is -0.152. The average Bonchev–Trinajstić information content (AvgIpc) is 2.72. The summed E-state index contributed by atoms with van der Waals surface area (Å²) in [5.41, 5.74) is 6.54. The van der Waals surface area contributed by atoms with Gasteiger partial charge in [-0.1, -0.05) is 33.8 Å². The van der Waals surface area contributed by atoms with Crippen LogP contribution < -0.4 is 15.2 Å². The van der Waals surface area contributed by atoms with Crippen LogP contribution in [0.4, 0.5) is 4.79 Å². The molecular weight excluding hydrogens is 446 g/mol. The van der Waals surface area contributed by atoms with Crippen LogP contribution in [0.5, 0.6) is 11.5 Å². The number of hydrogen-bond donors (Lipinski definition) is 1. The Morgan fingerprint density at radius 1 is 0.882 bits per heavy atom. The number of methoxy groups -OCH3 is 1. The van der Waals surface area contributed by atoms with Crippen LogP contribution >= 0.6 is 0 Å². The van der Waals surface area contributed by atoms with E-state index >= 15 is 0 Å². The molecule has 1 aromatic carbocycles. The van der Waals surface area contributed by atoms with E-state index in [1.165, 1.54) is 19.2 Å². The first-order chi connectivity index (χ1) is 15.9. The third-order valence-corrected chi connectivity index (χ3v) is 4.28. The molecule has 10 nitrogen and oxygen atoms in total. The van der Waals surface area contributed by atoms with E-state index in [0.717, 1.165) is 0 Å². The van der Waals surface area contributed by atoms with Crippen molar-refractivity contribution in [3.63, 3.8) is 0 Å². The van der Waals surface area contributed by atoms with Crippen molar-refractivity contribution in [2.75, 3.05) is 13.7 Å². The quantitative estimate of drug-likeness (QED) is 0.349. The van der Waals surface area contributed by atoms with Gasteiger partial charge in [0, 0.05) is 12.8 Å². The molecule has 190 valence electrons. The molecule has 1 aromatic rings. The van der Waals surface area contributed by atoms with Crippen LogP contribution in [0.3, 0.4) is 0 Å². The van der Waals surface area contributed by atoms with Crippen molar-refractivity contribution in [2.24, 2.45) is 17.6 Å². The van der Waals surface area contributed by atoms with Gasteiger partial charge in [0.15, 0.2) is 11.5 Å². The SMILES string of the molecule is COC(=O)OC[C@H](C)OC(=O)[C@@H](N)Cc1ccc(OC(=O)CC(C)C)c(OC(=O)CC(C)C)c1. The first kappa shape index (κ1) is 28.9. The number of carbonyl (C=O) groups excluding carboxylic acids is 4. The summed E-state index contributed by atoms with van der Waals surface area (Å²) in [7, 11) is 1.17. The summed E-state index contributed by atoms with van der Waals surface area (Å²) in [5.74, 6) is -1.27. The van der Waals surface area contributed by atoms with Crippen LogP contribution in [-0.2, 0) is 35.0 Å². The van der Waals surface area contributed by atoms with Gasteiger partial charge in [0.1, 0.15) is 18.8 Å². The van der Waals surface area contributed by atoms with Crippen molar-refractivity contribution in [2.45, 2.75) is 66.0 Å². The molecule has 0 unspecified atom stereocenters. The summed E-state index contributed by atoms with van der Waals surface area (Å²) in [6.07, 6.45) is -1.16. The molecule has 1 rings (SSSR count). The molecule has 0 radical (unpaired) electrons. The minimum atomic E-state index is -1.03. The molecule has 2 N–H and O–H groups in total. The maximum atomic E-state index is 12.3. The Labute approximate surface area is 200 Å². The molecule has 34 heavy (non-hydrogen) atoms. The molecule has 2 atom stereocenters. The van der Waals surface area contributed by atoms with Gasteiger partial charge < -0.3 is 29.4 Å². The van der Waals surface area contributed by atoms with Crippen LogP contribution in [0.2, 0.25) is 0 Å². The van der Waals surface area contributed by atoms with Crippen molar-refractivity contribution < 1.29 is 42.9 Å². The highest BCUT2D eigenvalue weighted by Gasteiger charge is 2.22. The van der Waals surface area contributed by atoms with E-state index in [0.29, 0.717) is 5.56 Å². The van der Waals surface area contributed by atoms with E-state index in [-0.39, 0.29) is 49.2 Å². The second kappa shape index (κ2) is 14.2. The van der Waals surface area contributed by atoms with E-state index in [2.05, 4.69) is 4.74 Å². The first-order valence-corrected chi connectivity index (χ1v) is 11.1. The summed E-state index contributed by atoms with van der Waals surface area (Å²) in [5, 5.41) is 0. The van der Waals surface area contributed by atoms with Gasteiger partial charge in [-0.25, -0.2) is 4.79 Å². The van der Waals surface area contributed by atoms with Gasteiger partial charge in [0.05, 0.1) is 7.11 Å². The van der Waals surface area contributed by atoms with Crippen molar-refractivity contribution in [1.29, 1.82) is 0 Å². The van der Waals surface area contributed by atoms with Crippen LogP contribution in [0.15, 0.2) is 18.2 Å². The number of ether oxygens (including phenoxy) is 5. The molecule has 0 aliphatic rings. The fourth-order valence-corrected chi connectivity index (χ4v) is 2.74. The van der Waals surface area contributed by atoms with E-state index in [1.54, 1.807) is 13.0 Å². The summed E-state index contributed by atoms with van der Waals surface area (Å²) in [6.45, 7) is 8.89. The van der Waals surface area contributed by atoms with Gasteiger partial charge in [-0.3, -0.25) is 14.4 Å². The Hall–Kier alpha value is -3.14. The van der Waals surface area contributed by atoms with Crippen molar-refractivity contribution >= 4 is 24.1 Å². The lowest BCUT2D eigenvalue weighted by Crippen LogP contribution is -2.37. The Kier molecular flexibility index (Phi) is 12.1. The first-order valence-electron chi connectivity index (χ1n) is 11.1. The molecule has 10 heteroatoms. The van der Waals surface area contributed by atoms with Crippen LogP contribution in [0.1, 0.15) is 53.0 Å². The van der Waals surface area contributed by atoms with Gasteiger partial charge in [0.25, 0.3) is 0 Å². The minimum Gasteiger partial charge on any atom is -0.458 e. The van der Waals surface area contributed by atoms with Crippen LogP contribution in [0.25, 0.3) is 0 Å². The Balaban J connectivity index is 2.91. The van der Waals surface area contributed by atoms with Gasteiger partial charge in [-0.2, -0.15) is 0 Å². The van der Waals surface area contributed by atoms with Gasteiger partial charge in [-0.05, 0) is 42.9 Å². The minimum absolute atomic E-state index is 0.0678. The number of benzene rings is 1. The lowest BCUT2D eigenvalue weighted by Gasteiger charge is -2.17. The molecule has 0 bridgehead atoms. The lowest BCUT2D eigenvalue weighted by atomic mass is 10.1. The normalized spacial score (nSPS) is 12.6. The molecule has 0 spiro atoms. The zero-order valence-electron chi connectivity index (χ0n) is 20.6. The molecule has 0 heterocycles. The molecule has 0 aliphatic heterocycles. The van der Waals surface area contributed by atoms with Gasteiger partial charge >= 0.3 is 24.1 Å². The summed E-state index contributed by atoms with van der Waals surface area (Å²) < 4.78 is 25.1. The fraction of sp³-hybridized carbons (Fsp3) is 0.583.